The Hall–Kier alpha value is -1.67. The number of aromatic nitrogens is 4. The van der Waals surface area contributed by atoms with Crippen LogP contribution < -0.4 is 11.3 Å². The summed E-state index contributed by atoms with van der Waals surface area (Å²) in [5, 5.41) is 21.4. The average molecular weight is 483 g/mol. The SMILES string of the molecule is COP(C)(=O)OP(=O)(OC)OCC1OC(n2cnc3c(=O)[nH]c(N)nc32)C(C)(O)C1O. The van der Waals surface area contributed by atoms with Gasteiger partial charge in [-0.05, 0) is 6.92 Å². The zero-order valence-corrected chi connectivity index (χ0v) is 18.8. The topological polar surface area (TPSA) is 210 Å². The van der Waals surface area contributed by atoms with Crippen molar-refractivity contribution >= 4 is 32.5 Å². The first kappa shape index (κ1) is 24.0. The second-order valence-corrected chi connectivity index (χ2v) is 11.0. The number of nitrogens with two attached hydrogens (primary N) is 1. The minimum atomic E-state index is -4.35. The van der Waals surface area contributed by atoms with Crippen molar-refractivity contribution in [3.63, 3.8) is 0 Å². The summed E-state index contributed by atoms with van der Waals surface area (Å²) in [7, 11) is -5.98. The van der Waals surface area contributed by atoms with Crippen LogP contribution >= 0.6 is 15.4 Å². The van der Waals surface area contributed by atoms with E-state index in [9.17, 15) is 24.1 Å². The van der Waals surface area contributed by atoms with E-state index < -0.39 is 51.6 Å². The van der Waals surface area contributed by atoms with Gasteiger partial charge < -0.3 is 25.2 Å². The molecule has 31 heavy (non-hydrogen) atoms. The van der Waals surface area contributed by atoms with Crippen molar-refractivity contribution in [1.82, 2.24) is 19.5 Å². The van der Waals surface area contributed by atoms with E-state index in [-0.39, 0.29) is 17.1 Å². The fourth-order valence-electron chi connectivity index (χ4n) is 2.98. The van der Waals surface area contributed by atoms with Gasteiger partial charge in [0.1, 0.15) is 17.8 Å². The molecule has 0 spiro atoms. The highest BCUT2D eigenvalue weighted by molar-refractivity contribution is 7.64. The minimum Gasteiger partial charge on any atom is -0.387 e. The number of rotatable bonds is 8. The number of H-pyrrole nitrogens is 1. The minimum absolute atomic E-state index is 0.0122. The summed E-state index contributed by atoms with van der Waals surface area (Å²) < 4.78 is 50.6. The number of phosphoric acid groups is 1. The molecule has 1 saturated heterocycles. The van der Waals surface area contributed by atoms with Gasteiger partial charge in [0.25, 0.3) is 5.56 Å². The van der Waals surface area contributed by atoms with Crippen LogP contribution in [0.15, 0.2) is 11.1 Å². The smallest absolute Gasteiger partial charge is 0.387 e. The lowest BCUT2D eigenvalue weighted by atomic mass is 9.96. The fraction of sp³-hybridized carbons (Fsp3) is 0.643. The molecule has 0 bridgehead atoms. The van der Waals surface area contributed by atoms with E-state index in [1.807, 2.05) is 0 Å². The Labute approximate surface area is 175 Å². The van der Waals surface area contributed by atoms with Crippen molar-refractivity contribution in [3.05, 3.63) is 16.7 Å². The first-order valence-corrected chi connectivity index (χ1v) is 12.2. The Kier molecular flexibility index (Phi) is 6.46. The van der Waals surface area contributed by atoms with Gasteiger partial charge in [-0.25, -0.2) is 13.9 Å². The number of nitrogen functional groups attached to an aromatic ring is 1. The average Bonchev–Trinajstić information content (AvgIpc) is 3.19. The van der Waals surface area contributed by atoms with Crippen LogP contribution in [-0.4, -0.2) is 75.0 Å². The van der Waals surface area contributed by atoms with Crippen molar-refractivity contribution in [2.45, 2.75) is 31.0 Å². The van der Waals surface area contributed by atoms with Crippen LogP contribution in [0, 0.1) is 0 Å². The van der Waals surface area contributed by atoms with E-state index in [2.05, 4.69) is 24.0 Å². The molecule has 15 nitrogen and oxygen atoms in total. The summed E-state index contributed by atoms with van der Waals surface area (Å²) in [5.74, 6) is -0.183. The standard InChI is InChI=1S/C14H23N5O10P2/c1-14(22)9(20)7(5-27-31(24,26-3)29-30(4,23)25-2)28-12(14)19-6-16-8-10(19)17-13(15)18-11(8)21/h6-7,9,12,20,22H,5H2,1-4H3,(H3,15,17,18,21). The van der Waals surface area contributed by atoms with Crippen molar-refractivity contribution in [3.8, 4) is 0 Å². The van der Waals surface area contributed by atoms with E-state index in [1.54, 1.807) is 0 Å². The molecule has 0 aliphatic carbocycles. The largest absolute Gasteiger partial charge is 0.481 e. The molecule has 174 valence electrons. The monoisotopic (exact) mass is 483 g/mol. The van der Waals surface area contributed by atoms with E-state index in [0.717, 1.165) is 20.9 Å². The number of aliphatic hydroxyl groups is 2. The second-order valence-electron chi connectivity index (χ2n) is 6.93. The molecule has 17 heteroatoms. The fourth-order valence-corrected chi connectivity index (χ4v) is 5.59. The highest BCUT2D eigenvalue weighted by atomic mass is 31.3. The predicted octanol–water partition coefficient (Wildman–Crippen LogP) is -0.0319. The number of nitrogens with zero attached hydrogens (tertiary/aromatic N) is 3. The van der Waals surface area contributed by atoms with E-state index in [1.165, 1.54) is 17.8 Å². The first-order valence-electron chi connectivity index (χ1n) is 8.76. The number of fused-ring (bicyclic) bond motifs is 1. The molecule has 6 unspecified atom stereocenters. The normalized spacial score (nSPS) is 30.3. The van der Waals surface area contributed by atoms with Crippen molar-refractivity contribution < 1.29 is 42.0 Å². The van der Waals surface area contributed by atoms with Crippen LogP contribution in [0.5, 0.6) is 0 Å². The van der Waals surface area contributed by atoms with Gasteiger partial charge in [-0.3, -0.25) is 28.0 Å². The van der Waals surface area contributed by atoms with E-state index >= 15 is 0 Å². The van der Waals surface area contributed by atoms with Crippen molar-refractivity contribution in [1.29, 1.82) is 0 Å². The van der Waals surface area contributed by atoms with E-state index in [4.69, 9.17) is 19.3 Å². The Morgan fingerprint density at radius 1 is 1.39 bits per heavy atom. The lowest BCUT2D eigenvalue weighted by molar-refractivity contribution is -0.0949. The molecular weight excluding hydrogens is 460 g/mol. The number of hydrogen-bond acceptors (Lipinski definition) is 13. The third-order valence-electron chi connectivity index (χ3n) is 4.66. The molecule has 0 aromatic carbocycles. The summed E-state index contributed by atoms with van der Waals surface area (Å²) in [6.07, 6.45) is -2.86. The molecule has 2 aromatic rings. The summed E-state index contributed by atoms with van der Waals surface area (Å²) in [5.41, 5.74) is 3.02. The Balaban J connectivity index is 1.85. The maximum Gasteiger partial charge on any atom is 0.481 e. The molecule has 1 fully saturated rings. The third kappa shape index (κ3) is 4.60. The first-order chi connectivity index (χ1) is 14.3. The summed E-state index contributed by atoms with van der Waals surface area (Å²) in [6, 6.07) is 0. The van der Waals surface area contributed by atoms with Gasteiger partial charge in [0, 0.05) is 20.9 Å². The van der Waals surface area contributed by atoms with Crippen LogP contribution in [0.3, 0.4) is 0 Å². The van der Waals surface area contributed by atoms with Gasteiger partial charge in [0.2, 0.25) is 5.95 Å². The quantitative estimate of drug-likeness (QED) is 0.364. The second kappa shape index (κ2) is 8.35. The maximum absolute atomic E-state index is 12.5. The molecule has 6 atom stereocenters. The summed E-state index contributed by atoms with van der Waals surface area (Å²) >= 11 is 0. The summed E-state index contributed by atoms with van der Waals surface area (Å²) in [6.45, 7) is 1.77. The number of phosphoric ester groups is 1. The van der Waals surface area contributed by atoms with Crippen LogP contribution in [-0.2, 0) is 31.7 Å². The van der Waals surface area contributed by atoms with Gasteiger partial charge in [-0.15, -0.1) is 0 Å². The number of aromatic amines is 1. The lowest BCUT2D eigenvalue weighted by Crippen LogP contribution is -2.44. The molecular formula is C14H23N5O10P2. The lowest BCUT2D eigenvalue weighted by Gasteiger charge is -2.27. The van der Waals surface area contributed by atoms with Crippen LogP contribution in [0.25, 0.3) is 11.2 Å². The summed E-state index contributed by atoms with van der Waals surface area (Å²) in [4.78, 5) is 22.2. The van der Waals surface area contributed by atoms with Crippen molar-refractivity contribution in [2.75, 3.05) is 33.2 Å². The highest BCUT2D eigenvalue weighted by Crippen LogP contribution is 2.63. The molecule has 5 N–H and O–H groups in total. The molecule has 3 heterocycles. The van der Waals surface area contributed by atoms with Gasteiger partial charge >= 0.3 is 15.4 Å². The van der Waals surface area contributed by atoms with Gasteiger partial charge in [-0.2, -0.15) is 4.98 Å². The number of nitrogens with one attached hydrogen (secondary N) is 1. The Morgan fingerprint density at radius 3 is 2.68 bits per heavy atom. The van der Waals surface area contributed by atoms with Crippen LogP contribution in [0.1, 0.15) is 13.2 Å². The van der Waals surface area contributed by atoms with E-state index in [0.29, 0.717) is 0 Å². The van der Waals surface area contributed by atoms with Crippen LogP contribution in [0.2, 0.25) is 0 Å². The van der Waals surface area contributed by atoms with Crippen LogP contribution in [0.4, 0.5) is 5.95 Å². The maximum atomic E-state index is 12.5. The number of aliphatic hydroxyl groups excluding tert-OH is 1. The molecule has 0 saturated carbocycles. The molecule has 3 rings (SSSR count). The highest BCUT2D eigenvalue weighted by Gasteiger charge is 2.54. The number of hydrogen-bond donors (Lipinski definition) is 4. The molecule has 0 amide bonds. The zero-order chi connectivity index (χ0) is 23.2. The van der Waals surface area contributed by atoms with Crippen molar-refractivity contribution in [2.24, 2.45) is 0 Å². The Morgan fingerprint density at radius 2 is 2.06 bits per heavy atom. The van der Waals surface area contributed by atoms with Gasteiger partial charge in [0.05, 0.1) is 12.9 Å². The number of imidazole rings is 1. The Bertz CT molecular complexity index is 1120. The van der Waals surface area contributed by atoms with Gasteiger partial charge in [0.15, 0.2) is 17.4 Å². The predicted molar refractivity (Wildman–Crippen MR) is 105 cm³/mol. The third-order valence-corrected chi connectivity index (χ3v) is 8.22. The molecule has 1 aliphatic rings. The molecule has 0 radical (unpaired) electrons. The zero-order valence-electron chi connectivity index (χ0n) is 17.0. The number of ether oxygens (including phenoxy) is 1. The molecule has 2 aromatic heterocycles. The van der Waals surface area contributed by atoms with Gasteiger partial charge in [-0.1, -0.05) is 0 Å². The molecule has 1 aliphatic heterocycles. The number of anilines is 1.